The van der Waals surface area contributed by atoms with Gasteiger partial charge in [0.1, 0.15) is 0 Å². The van der Waals surface area contributed by atoms with Crippen LogP contribution in [0, 0.1) is 19.3 Å². The Kier molecular flexibility index (Phi) is 3.88. The number of aromatic nitrogens is 2. The summed E-state index contributed by atoms with van der Waals surface area (Å²) in [5.74, 6) is 1.36. The molecule has 0 amide bonds. The highest BCUT2D eigenvalue weighted by molar-refractivity contribution is 9.10. The summed E-state index contributed by atoms with van der Waals surface area (Å²) in [4.78, 5) is 4.56. The van der Waals surface area contributed by atoms with Gasteiger partial charge in [-0.2, -0.15) is 4.98 Å². The van der Waals surface area contributed by atoms with Crippen LogP contribution in [0.25, 0.3) is 11.4 Å². The van der Waals surface area contributed by atoms with Crippen molar-refractivity contribution in [3.8, 4) is 11.4 Å². The van der Waals surface area contributed by atoms with Crippen molar-refractivity contribution in [3.63, 3.8) is 0 Å². The molecule has 5 heteroatoms. The molecule has 1 saturated carbocycles. The first-order chi connectivity index (χ1) is 10.0. The van der Waals surface area contributed by atoms with E-state index in [4.69, 9.17) is 10.3 Å². The van der Waals surface area contributed by atoms with Crippen molar-refractivity contribution in [2.45, 2.75) is 39.5 Å². The first-order valence-corrected chi connectivity index (χ1v) is 8.12. The van der Waals surface area contributed by atoms with Crippen molar-refractivity contribution < 1.29 is 4.52 Å². The normalized spacial score (nSPS) is 16.8. The Bertz CT molecular complexity index is 633. The van der Waals surface area contributed by atoms with E-state index in [-0.39, 0.29) is 5.41 Å². The average Bonchev–Trinajstić information content (AvgIpc) is 2.88. The molecule has 2 N–H and O–H groups in total. The van der Waals surface area contributed by atoms with Crippen LogP contribution in [-0.2, 0) is 6.42 Å². The molecule has 0 bridgehead atoms. The van der Waals surface area contributed by atoms with Crippen molar-refractivity contribution in [1.29, 1.82) is 0 Å². The Morgan fingerprint density at radius 1 is 1.29 bits per heavy atom. The van der Waals surface area contributed by atoms with Gasteiger partial charge in [-0.15, -0.1) is 0 Å². The Hall–Kier alpha value is -1.20. The lowest BCUT2D eigenvalue weighted by Crippen LogP contribution is -2.39. The fourth-order valence-electron chi connectivity index (χ4n) is 2.97. The van der Waals surface area contributed by atoms with E-state index in [1.165, 1.54) is 17.5 Å². The molecule has 1 aromatic heterocycles. The van der Waals surface area contributed by atoms with Gasteiger partial charge in [0.2, 0.25) is 11.7 Å². The molecule has 0 saturated heterocycles. The van der Waals surface area contributed by atoms with Crippen LogP contribution in [-0.4, -0.2) is 16.7 Å². The zero-order chi connectivity index (χ0) is 15.0. The highest BCUT2D eigenvalue weighted by Crippen LogP contribution is 2.42. The van der Waals surface area contributed by atoms with E-state index in [1.807, 2.05) is 0 Å². The molecule has 0 spiro atoms. The molecular formula is C16H20BrN3O. The van der Waals surface area contributed by atoms with Gasteiger partial charge in [-0.3, -0.25) is 0 Å². The molecule has 1 aromatic carbocycles. The number of nitrogens with two attached hydrogens (primary N) is 1. The fraction of sp³-hybridized carbons (Fsp3) is 0.500. The van der Waals surface area contributed by atoms with Crippen LogP contribution in [0.2, 0.25) is 0 Å². The number of hydrogen-bond donors (Lipinski definition) is 1. The van der Waals surface area contributed by atoms with Crippen molar-refractivity contribution in [1.82, 2.24) is 10.1 Å². The number of benzene rings is 1. The number of aryl methyl sites for hydroxylation is 2. The van der Waals surface area contributed by atoms with Crippen molar-refractivity contribution in [2.75, 3.05) is 6.54 Å². The maximum Gasteiger partial charge on any atom is 0.227 e. The molecule has 0 aliphatic heterocycles. The maximum atomic E-state index is 5.90. The average molecular weight is 350 g/mol. The number of rotatable bonds is 4. The standard InChI is InChI=1S/C16H20BrN3O/c1-10-6-12(7-11(2)14(10)17)15-19-13(21-20-15)8-16(9-18)4-3-5-16/h6-7H,3-5,8-9,18H2,1-2H3. The molecule has 1 heterocycles. The second-order valence-corrected chi connectivity index (χ2v) is 6.96. The Morgan fingerprint density at radius 2 is 1.95 bits per heavy atom. The van der Waals surface area contributed by atoms with Crippen LogP contribution < -0.4 is 5.73 Å². The van der Waals surface area contributed by atoms with Gasteiger partial charge in [0.05, 0.1) is 0 Å². The van der Waals surface area contributed by atoms with E-state index in [2.05, 4.69) is 52.1 Å². The molecule has 2 aromatic rings. The van der Waals surface area contributed by atoms with Crippen molar-refractivity contribution in [2.24, 2.45) is 11.1 Å². The summed E-state index contributed by atoms with van der Waals surface area (Å²) >= 11 is 3.58. The van der Waals surface area contributed by atoms with Gasteiger partial charge in [0.15, 0.2) is 0 Å². The molecule has 1 aliphatic rings. The van der Waals surface area contributed by atoms with Gasteiger partial charge in [0.25, 0.3) is 0 Å². The first-order valence-electron chi connectivity index (χ1n) is 7.33. The van der Waals surface area contributed by atoms with Crippen LogP contribution in [0.1, 0.15) is 36.3 Å². The van der Waals surface area contributed by atoms with Crippen LogP contribution in [0.3, 0.4) is 0 Å². The van der Waals surface area contributed by atoms with Gasteiger partial charge in [0, 0.05) is 16.5 Å². The van der Waals surface area contributed by atoms with Crippen LogP contribution in [0.5, 0.6) is 0 Å². The molecule has 0 unspecified atom stereocenters. The lowest BCUT2D eigenvalue weighted by Gasteiger charge is -2.39. The van der Waals surface area contributed by atoms with E-state index < -0.39 is 0 Å². The minimum absolute atomic E-state index is 0.190. The number of nitrogens with zero attached hydrogens (tertiary/aromatic N) is 2. The van der Waals surface area contributed by atoms with E-state index in [0.717, 1.165) is 29.3 Å². The third kappa shape index (κ3) is 2.77. The highest BCUT2D eigenvalue weighted by Gasteiger charge is 2.37. The summed E-state index contributed by atoms with van der Waals surface area (Å²) in [7, 11) is 0. The van der Waals surface area contributed by atoms with Gasteiger partial charge in [-0.05, 0) is 61.9 Å². The molecule has 112 valence electrons. The highest BCUT2D eigenvalue weighted by atomic mass is 79.9. The summed E-state index contributed by atoms with van der Waals surface area (Å²) < 4.78 is 6.56. The third-order valence-electron chi connectivity index (χ3n) is 4.54. The molecule has 3 rings (SSSR count). The first kappa shape index (κ1) is 14.7. The molecule has 1 aliphatic carbocycles. The third-order valence-corrected chi connectivity index (χ3v) is 5.79. The van der Waals surface area contributed by atoms with Gasteiger partial charge in [-0.25, -0.2) is 0 Å². The largest absolute Gasteiger partial charge is 0.339 e. The van der Waals surface area contributed by atoms with E-state index in [1.54, 1.807) is 0 Å². The number of hydrogen-bond acceptors (Lipinski definition) is 4. The lowest BCUT2D eigenvalue weighted by molar-refractivity contribution is 0.129. The maximum absolute atomic E-state index is 5.90. The summed E-state index contributed by atoms with van der Waals surface area (Å²) in [5, 5.41) is 4.13. The topological polar surface area (TPSA) is 64.9 Å². The second kappa shape index (κ2) is 5.54. The molecule has 21 heavy (non-hydrogen) atoms. The summed E-state index contributed by atoms with van der Waals surface area (Å²) in [5.41, 5.74) is 9.43. The summed E-state index contributed by atoms with van der Waals surface area (Å²) in [6.45, 7) is 4.83. The predicted octanol–water partition coefficient (Wildman–Crippen LogP) is 3.79. The van der Waals surface area contributed by atoms with Crippen molar-refractivity contribution >= 4 is 15.9 Å². The van der Waals surface area contributed by atoms with Gasteiger partial charge >= 0.3 is 0 Å². The number of halogens is 1. The fourth-order valence-corrected chi connectivity index (χ4v) is 3.20. The van der Waals surface area contributed by atoms with E-state index in [9.17, 15) is 0 Å². The smallest absolute Gasteiger partial charge is 0.227 e. The molecule has 0 atom stereocenters. The van der Waals surface area contributed by atoms with Crippen molar-refractivity contribution in [3.05, 3.63) is 33.6 Å². The Balaban J connectivity index is 1.85. The summed E-state index contributed by atoms with van der Waals surface area (Å²) in [6.07, 6.45) is 4.38. The van der Waals surface area contributed by atoms with Gasteiger partial charge < -0.3 is 10.3 Å². The molecule has 0 radical (unpaired) electrons. The zero-order valence-corrected chi connectivity index (χ0v) is 14.0. The molecule has 1 fully saturated rings. The lowest BCUT2D eigenvalue weighted by atomic mass is 9.67. The molecule has 4 nitrogen and oxygen atoms in total. The minimum Gasteiger partial charge on any atom is -0.339 e. The van der Waals surface area contributed by atoms with Crippen LogP contribution >= 0.6 is 15.9 Å². The summed E-state index contributed by atoms with van der Waals surface area (Å²) in [6, 6.07) is 4.15. The Labute approximate surface area is 133 Å². The van der Waals surface area contributed by atoms with Gasteiger partial charge in [-0.1, -0.05) is 27.5 Å². The van der Waals surface area contributed by atoms with Crippen LogP contribution in [0.15, 0.2) is 21.1 Å². The predicted molar refractivity (Wildman–Crippen MR) is 86.0 cm³/mol. The molecular weight excluding hydrogens is 330 g/mol. The van der Waals surface area contributed by atoms with E-state index in [0.29, 0.717) is 18.3 Å². The zero-order valence-electron chi connectivity index (χ0n) is 12.4. The van der Waals surface area contributed by atoms with Crippen LogP contribution in [0.4, 0.5) is 0 Å². The monoisotopic (exact) mass is 349 g/mol. The van der Waals surface area contributed by atoms with E-state index >= 15 is 0 Å². The SMILES string of the molecule is Cc1cc(-c2noc(CC3(CN)CCC3)n2)cc(C)c1Br. The quantitative estimate of drug-likeness (QED) is 0.911. The minimum atomic E-state index is 0.190. The second-order valence-electron chi connectivity index (χ2n) is 6.17. The Morgan fingerprint density at radius 3 is 2.48 bits per heavy atom.